The molecule has 3 aliphatic rings. The summed E-state index contributed by atoms with van der Waals surface area (Å²) >= 11 is 0. The van der Waals surface area contributed by atoms with Crippen molar-refractivity contribution in [3.63, 3.8) is 0 Å². The number of piperazine rings is 1. The maximum Gasteiger partial charge on any atom is 0.228 e. The van der Waals surface area contributed by atoms with Gasteiger partial charge < -0.3 is 24.2 Å². The van der Waals surface area contributed by atoms with E-state index >= 15 is 0 Å². The lowest BCUT2D eigenvalue weighted by Crippen LogP contribution is -2.46. The summed E-state index contributed by atoms with van der Waals surface area (Å²) < 4.78 is 11.2. The van der Waals surface area contributed by atoms with Crippen LogP contribution in [0.25, 0.3) is 11.1 Å². The molecule has 1 amide bonds. The van der Waals surface area contributed by atoms with Gasteiger partial charge in [-0.15, -0.1) is 0 Å². The number of ether oxygens (including phenoxy) is 2. The molecule has 33 heavy (non-hydrogen) atoms. The Morgan fingerprint density at radius 2 is 1.79 bits per heavy atom. The molecule has 3 aliphatic heterocycles. The minimum Gasteiger partial charge on any atom is -0.497 e. The fourth-order valence-electron chi connectivity index (χ4n) is 5.52. The second-order valence-corrected chi connectivity index (χ2v) is 9.73. The van der Waals surface area contributed by atoms with Gasteiger partial charge in [0.25, 0.3) is 0 Å². The van der Waals surface area contributed by atoms with E-state index in [1.54, 1.807) is 7.11 Å². The Kier molecular flexibility index (Phi) is 6.41. The van der Waals surface area contributed by atoms with Crippen LogP contribution < -0.4 is 9.64 Å². The van der Waals surface area contributed by atoms with Gasteiger partial charge in [-0.05, 0) is 60.8 Å². The molecule has 0 N–H and O–H groups in total. The highest BCUT2D eigenvalue weighted by molar-refractivity contribution is 5.97. The van der Waals surface area contributed by atoms with Crippen molar-refractivity contribution in [2.45, 2.75) is 24.7 Å². The molecule has 176 valence electrons. The molecule has 0 radical (unpaired) electrons. The predicted molar refractivity (Wildman–Crippen MR) is 131 cm³/mol. The SMILES string of the molecule is COc1cccc(-c2ccc3c(c2)C2(CCOCC2)CN3C(=O)CCN2CCN(C)CC2)c1. The first-order chi connectivity index (χ1) is 16.1. The lowest BCUT2D eigenvalue weighted by atomic mass is 9.75. The number of fused-ring (bicyclic) bond motifs is 2. The first-order valence-corrected chi connectivity index (χ1v) is 12.2. The van der Waals surface area contributed by atoms with Crippen molar-refractivity contribution >= 4 is 11.6 Å². The maximum absolute atomic E-state index is 13.4. The third-order valence-corrected chi connectivity index (χ3v) is 7.71. The summed E-state index contributed by atoms with van der Waals surface area (Å²) in [6.45, 7) is 7.38. The van der Waals surface area contributed by atoms with E-state index in [0.717, 1.165) is 82.3 Å². The third kappa shape index (κ3) is 4.52. The number of hydrogen-bond donors (Lipinski definition) is 0. The van der Waals surface area contributed by atoms with E-state index in [1.165, 1.54) is 11.1 Å². The molecule has 0 atom stereocenters. The zero-order chi connectivity index (χ0) is 22.8. The molecule has 5 rings (SSSR count). The average Bonchev–Trinajstić information content (AvgIpc) is 3.17. The number of rotatable bonds is 5. The number of hydrogen-bond acceptors (Lipinski definition) is 5. The Morgan fingerprint density at radius 1 is 1.03 bits per heavy atom. The van der Waals surface area contributed by atoms with Gasteiger partial charge >= 0.3 is 0 Å². The van der Waals surface area contributed by atoms with Crippen molar-refractivity contribution < 1.29 is 14.3 Å². The molecule has 0 bridgehead atoms. The predicted octanol–water partition coefficient (Wildman–Crippen LogP) is 3.39. The second-order valence-electron chi connectivity index (χ2n) is 9.73. The summed E-state index contributed by atoms with van der Waals surface area (Å²) in [6.07, 6.45) is 2.50. The van der Waals surface area contributed by atoms with Crippen molar-refractivity contribution in [3.05, 3.63) is 48.0 Å². The quantitative estimate of drug-likeness (QED) is 0.700. The summed E-state index contributed by atoms with van der Waals surface area (Å²) in [5.41, 5.74) is 4.70. The molecule has 6 nitrogen and oxygen atoms in total. The normalized spacial score (nSPS) is 20.7. The Bertz CT molecular complexity index is 994. The van der Waals surface area contributed by atoms with Gasteiger partial charge in [-0.2, -0.15) is 0 Å². The first kappa shape index (κ1) is 22.4. The molecule has 0 unspecified atom stereocenters. The van der Waals surface area contributed by atoms with Gasteiger partial charge in [0.05, 0.1) is 7.11 Å². The van der Waals surface area contributed by atoms with Gasteiger partial charge in [0.15, 0.2) is 0 Å². The summed E-state index contributed by atoms with van der Waals surface area (Å²) in [4.78, 5) is 20.3. The van der Waals surface area contributed by atoms with E-state index in [9.17, 15) is 4.79 Å². The molecule has 0 aromatic heterocycles. The van der Waals surface area contributed by atoms with Crippen molar-refractivity contribution in [3.8, 4) is 16.9 Å². The Hall–Kier alpha value is -2.41. The highest BCUT2D eigenvalue weighted by atomic mass is 16.5. The first-order valence-electron chi connectivity index (χ1n) is 12.2. The minimum atomic E-state index is -0.00798. The molecular weight excluding hydrogens is 414 g/mol. The van der Waals surface area contributed by atoms with Crippen LogP contribution in [0.1, 0.15) is 24.8 Å². The van der Waals surface area contributed by atoms with Gasteiger partial charge in [-0.25, -0.2) is 0 Å². The number of amides is 1. The molecule has 0 saturated carbocycles. The Labute approximate surface area is 197 Å². The number of anilines is 1. The van der Waals surface area contributed by atoms with Gasteiger partial charge in [0.1, 0.15) is 5.75 Å². The molecule has 2 saturated heterocycles. The molecule has 2 fully saturated rings. The lowest BCUT2D eigenvalue weighted by Gasteiger charge is -2.34. The summed E-state index contributed by atoms with van der Waals surface area (Å²) in [7, 11) is 3.86. The van der Waals surface area contributed by atoms with Crippen LogP contribution in [0.4, 0.5) is 5.69 Å². The molecule has 3 heterocycles. The number of methoxy groups -OCH3 is 1. The summed E-state index contributed by atoms with van der Waals surface area (Å²) in [6, 6.07) is 14.8. The fraction of sp³-hybridized carbons (Fsp3) is 0.519. The number of carbonyl (C=O) groups excluding carboxylic acids is 1. The van der Waals surface area contributed by atoms with Crippen LogP contribution in [-0.2, 0) is 14.9 Å². The second kappa shape index (κ2) is 9.45. The van der Waals surface area contributed by atoms with Crippen molar-refractivity contribution in [2.24, 2.45) is 0 Å². The van der Waals surface area contributed by atoms with E-state index in [0.29, 0.717) is 6.42 Å². The largest absolute Gasteiger partial charge is 0.497 e. The maximum atomic E-state index is 13.4. The molecule has 2 aromatic carbocycles. The van der Waals surface area contributed by atoms with E-state index in [1.807, 2.05) is 12.1 Å². The number of likely N-dealkylation sites (N-methyl/N-ethyl adjacent to an activating group) is 1. The van der Waals surface area contributed by atoms with Gasteiger partial charge in [0, 0.05) is 70.0 Å². The van der Waals surface area contributed by atoms with Crippen LogP contribution in [0.2, 0.25) is 0 Å². The monoisotopic (exact) mass is 449 g/mol. The highest BCUT2D eigenvalue weighted by Crippen LogP contribution is 2.48. The Balaban J connectivity index is 1.40. The number of carbonyl (C=O) groups is 1. The standard InChI is InChI=1S/C27H35N3O3/c1-28-12-14-29(15-13-28)11-8-26(31)30-20-27(9-16-33-17-10-27)24-19-22(6-7-25(24)30)21-4-3-5-23(18-21)32-2/h3-7,18-19H,8-17,20H2,1-2H3. The van der Waals surface area contributed by atoms with E-state index < -0.39 is 0 Å². The van der Waals surface area contributed by atoms with Gasteiger partial charge in [-0.1, -0.05) is 18.2 Å². The van der Waals surface area contributed by atoms with Gasteiger partial charge in [-0.3, -0.25) is 4.79 Å². The van der Waals surface area contributed by atoms with E-state index in [2.05, 4.69) is 52.1 Å². The van der Waals surface area contributed by atoms with Gasteiger partial charge in [0.2, 0.25) is 5.91 Å². The molecule has 1 spiro atoms. The highest BCUT2D eigenvalue weighted by Gasteiger charge is 2.45. The van der Waals surface area contributed by atoms with Crippen LogP contribution >= 0.6 is 0 Å². The molecule has 2 aromatic rings. The van der Waals surface area contributed by atoms with Crippen molar-refractivity contribution in [1.29, 1.82) is 0 Å². The summed E-state index contributed by atoms with van der Waals surface area (Å²) in [5, 5.41) is 0. The van der Waals surface area contributed by atoms with Crippen LogP contribution in [0.15, 0.2) is 42.5 Å². The van der Waals surface area contributed by atoms with E-state index in [-0.39, 0.29) is 11.3 Å². The van der Waals surface area contributed by atoms with Crippen molar-refractivity contribution in [2.75, 3.05) is 71.5 Å². The van der Waals surface area contributed by atoms with Crippen LogP contribution in [0.3, 0.4) is 0 Å². The van der Waals surface area contributed by atoms with Crippen LogP contribution in [0.5, 0.6) is 5.75 Å². The van der Waals surface area contributed by atoms with Crippen LogP contribution in [0, 0.1) is 0 Å². The number of nitrogens with zero attached hydrogens (tertiary/aromatic N) is 3. The number of benzene rings is 2. The minimum absolute atomic E-state index is 0.00798. The molecular formula is C27H35N3O3. The third-order valence-electron chi connectivity index (χ3n) is 7.71. The smallest absolute Gasteiger partial charge is 0.228 e. The topological polar surface area (TPSA) is 45.3 Å². The zero-order valence-corrected chi connectivity index (χ0v) is 19.9. The average molecular weight is 450 g/mol. The van der Waals surface area contributed by atoms with Crippen molar-refractivity contribution in [1.82, 2.24) is 9.80 Å². The lowest BCUT2D eigenvalue weighted by molar-refractivity contribution is -0.119. The zero-order valence-electron chi connectivity index (χ0n) is 19.9. The fourth-order valence-corrected chi connectivity index (χ4v) is 5.52. The molecule has 6 heteroatoms. The van der Waals surface area contributed by atoms with E-state index in [4.69, 9.17) is 9.47 Å². The Morgan fingerprint density at radius 3 is 2.55 bits per heavy atom. The summed E-state index contributed by atoms with van der Waals surface area (Å²) in [5.74, 6) is 1.10. The molecule has 0 aliphatic carbocycles. The van der Waals surface area contributed by atoms with Crippen LogP contribution in [-0.4, -0.2) is 82.3 Å².